The average molecular weight is 257 g/mol. The molecule has 108 valence electrons. The number of carbonyl (C=O) groups excluding carboxylic acids is 1. The third-order valence-corrected chi connectivity index (χ3v) is 2.67. The van der Waals surface area contributed by atoms with Gasteiger partial charge in [0.15, 0.2) is 0 Å². The number of hydrogen-bond acceptors (Lipinski definition) is 3. The molecule has 4 heteroatoms. The highest BCUT2D eigenvalue weighted by atomic mass is 16.2. The molecule has 1 amide bonds. The largest absolute Gasteiger partial charge is 0.350 e. The molecule has 0 aliphatic heterocycles. The summed E-state index contributed by atoms with van der Waals surface area (Å²) in [4.78, 5) is 14.4. The topological polar surface area (TPSA) is 58.4 Å². The third kappa shape index (κ3) is 7.67. The molecule has 0 fully saturated rings. The van der Waals surface area contributed by atoms with Crippen molar-refractivity contribution in [2.75, 3.05) is 19.6 Å². The molecule has 0 spiro atoms. The number of carbonyl (C=O) groups is 1. The molecular formula is C14H31N3O. The third-order valence-electron chi connectivity index (χ3n) is 2.67. The van der Waals surface area contributed by atoms with Crippen molar-refractivity contribution >= 4 is 5.91 Å². The van der Waals surface area contributed by atoms with E-state index >= 15 is 0 Å². The van der Waals surface area contributed by atoms with E-state index in [1.165, 1.54) is 0 Å². The van der Waals surface area contributed by atoms with Crippen LogP contribution in [0.4, 0.5) is 0 Å². The van der Waals surface area contributed by atoms with Gasteiger partial charge in [-0.1, -0.05) is 13.8 Å². The van der Waals surface area contributed by atoms with Crippen LogP contribution in [0.1, 0.15) is 48.0 Å². The molecule has 1 atom stereocenters. The zero-order chi connectivity index (χ0) is 14.3. The first kappa shape index (κ1) is 17.4. The van der Waals surface area contributed by atoms with Crippen molar-refractivity contribution in [3.05, 3.63) is 0 Å². The van der Waals surface area contributed by atoms with Crippen LogP contribution in [-0.2, 0) is 4.79 Å². The summed E-state index contributed by atoms with van der Waals surface area (Å²) in [5.41, 5.74) is 5.38. The number of amides is 1. The summed E-state index contributed by atoms with van der Waals surface area (Å²) in [6, 6.07) is -0.0989. The zero-order valence-corrected chi connectivity index (χ0v) is 12.9. The Hall–Kier alpha value is -0.610. The first-order valence-corrected chi connectivity index (χ1v) is 6.93. The van der Waals surface area contributed by atoms with E-state index in [9.17, 15) is 4.79 Å². The molecule has 18 heavy (non-hydrogen) atoms. The molecule has 0 aliphatic rings. The van der Waals surface area contributed by atoms with Gasteiger partial charge in [0.1, 0.15) is 0 Å². The quantitative estimate of drug-likeness (QED) is 0.728. The smallest absolute Gasteiger partial charge is 0.237 e. The lowest BCUT2D eigenvalue weighted by Gasteiger charge is -2.32. The number of nitrogens with one attached hydrogen (secondary N) is 1. The Bertz CT molecular complexity index is 246. The highest BCUT2D eigenvalue weighted by Gasteiger charge is 2.24. The van der Waals surface area contributed by atoms with E-state index in [0.29, 0.717) is 12.5 Å². The maximum absolute atomic E-state index is 12.2. The fourth-order valence-corrected chi connectivity index (χ4v) is 1.85. The number of nitrogens with two attached hydrogens (primary N) is 1. The van der Waals surface area contributed by atoms with Gasteiger partial charge in [0, 0.05) is 18.6 Å². The molecule has 0 radical (unpaired) electrons. The highest BCUT2D eigenvalue weighted by Crippen LogP contribution is 2.08. The Morgan fingerprint density at radius 1 is 1.28 bits per heavy atom. The Morgan fingerprint density at radius 3 is 2.22 bits per heavy atom. The van der Waals surface area contributed by atoms with Crippen molar-refractivity contribution in [1.82, 2.24) is 10.2 Å². The standard InChI is InChI=1S/C14H31N3O/c1-11(2)10-17(9-7-8-15)12(3)13(18)16-14(4,5)6/h11-12H,7-10,15H2,1-6H3,(H,16,18). The van der Waals surface area contributed by atoms with E-state index in [1.807, 2.05) is 27.7 Å². The Kier molecular flexibility index (Phi) is 7.48. The van der Waals surface area contributed by atoms with Gasteiger partial charge in [0.2, 0.25) is 5.91 Å². The predicted octanol–water partition coefficient (Wildman–Crippen LogP) is 1.60. The first-order valence-electron chi connectivity index (χ1n) is 6.93. The molecular weight excluding hydrogens is 226 g/mol. The summed E-state index contributed by atoms with van der Waals surface area (Å²) in [7, 11) is 0. The summed E-state index contributed by atoms with van der Waals surface area (Å²) in [6.45, 7) is 14.8. The van der Waals surface area contributed by atoms with Crippen LogP contribution < -0.4 is 11.1 Å². The second kappa shape index (κ2) is 7.74. The van der Waals surface area contributed by atoms with Gasteiger partial charge in [0.25, 0.3) is 0 Å². The van der Waals surface area contributed by atoms with Crippen LogP contribution in [0, 0.1) is 5.92 Å². The van der Waals surface area contributed by atoms with Crippen molar-refractivity contribution in [2.45, 2.75) is 59.5 Å². The Balaban J connectivity index is 4.52. The normalized spacial score (nSPS) is 14.1. The predicted molar refractivity (Wildman–Crippen MR) is 77.4 cm³/mol. The molecule has 0 aromatic carbocycles. The van der Waals surface area contributed by atoms with Crippen molar-refractivity contribution in [3.63, 3.8) is 0 Å². The zero-order valence-electron chi connectivity index (χ0n) is 12.9. The van der Waals surface area contributed by atoms with Crippen LogP contribution in [0.2, 0.25) is 0 Å². The number of hydrogen-bond donors (Lipinski definition) is 2. The van der Waals surface area contributed by atoms with Crippen molar-refractivity contribution < 1.29 is 4.79 Å². The second-order valence-electron chi connectivity index (χ2n) is 6.45. The number of rotatable bonds is 7. The van der Waals surface area contributed by atoms with Crippen LogP contribution in [0.5, 0.6) is 0 Å². The number of nitrogens with zero attached hydrogens (tertiary/aromatic N) is 1. The van der Waals surface area contributed by atoms with Gasteiger partial charge < -0.3 is 11.1 Å². The summed E-state index contributed by atoms with van der Waals surface area (Å²) in [5.74, 6) is 0.646. The maximum Gasteiger partial charge on any atom is 0.237 e. The van der Waals surface area contributed by atoms with Gasteiger partial charge in [-0.2, -0.15) is 0 Å². The maximum atomic E-state index is 12.2. The van der Waals surface area contributed by atoms with Crippen molar-refractivity contribution in [1.29, 1.82) is 0 Å². The SMILES string of the molecule is CC(C)CN(CCCN)C(C)C(=O)NC(C)(C)C. The summed E-state index contributed by atoms with van der Waals surface area (Å²) >= 11 is 0. The van der Waals surface area contributed by atoms with E-state index < -0.39 is 0 Å². The van der Waals surface area contributed by atoms with E-state index in [4.69, 9.17) is 5.73 Å². The van der Waals surface area contributed by atoms with Gasteiger partial charge >= 0.3 is 0 Å². The molecule has 0 aromatic rings. The van der Waals surface area contributed by atoms with Crippen molar-refractivity contribution in [3.8, 4) is 0 Å². The average Bonchev–Trinajstić information content (AvgIpc) is 2.20. The van der Waals surface area contributed by atoms with Gasteiger partial charge in [-0.05, 0) is 46.6 Å². The molecule has 0 rings (SSSR count). The molecule has 1 unspecified atom stereocenters. The summed E-state index contributed by atoms with van der Waals surface area (Å²) in [6.07, 6.45) is 0.930. The van der Waals surface area contributed by atoms with Crippen LogP contribution in [0.15, 0.2) is 0 Å². The fraction of sp³-hybridized carbons (Fsp3) is 0.929. The van der Waals surface area contributed by atoms with E-state index in [-0.39, 0.29) is 17.5 Å². The molecule has 3 N–H and O–H groups in total. The van der Waals surface area contributed by atoms with Crippen LogP contribution in [-0.4, -0.2) is 42.0 Å². The molecule has 4 nitrogen and oxygen atoms in total. The molecule has 0 aliphatic carbocycles. The highest BCUT2D eigenvalue weighted by molar-refractivity contribution is 5.81. The molecule has 0 bridgehead atoms. The monoisotopic (exact) mass is 257 g/mol. The minimum Gasteiger partial charge on any atom is -0.350 e. The minimum atomic E-state index is -0.178. The Morgan fingerprint density at radius 2 is 1.83 bits per heavy atom. The summed E-state index contributed by atoms with van der Waals surface area (Å²) < 4.78 is 0. The van der Waals surface area contributed by atoms with Crippen LogP contribution in [0.25, 0.3) is 0 Å². The van der Waals surface area contributed by atoms with Crippen LogP contribution >= 0.6 is 0 Å². The molecule has 0 heterocycles. The van der Waals surface area contributed by atoms with Crippen molar-refractivity contribution in [2.24, 2.45) is 11.7 Å². The van der Waals surface area contributed by atoms with E-state index in [2.05, 4.69) is 24.1 Å². The van der Waals surface area contributed by atoms with Gasteiger partial charge in [0.05, 0.1) is 6.04 Å². The van der Waals surface area contributed by atoms with Gasteiger partial charge in [-0.25, -0.2) is 0 Å². The molecule has 0 saturated heterocycles. The van der Waals surface area contributed by atoms with Gasteiger partial charge in [-0.15, -0.1) is 0 Å². The lowest BCUT2D eigenvalue weighted by Crippen LogP contribution is -2.52. The van der Waals surface area contributed by atoms with E-state index in [1.54, 1.807) is 0 Å². The Labute approximate surface area is 112 Å². The lowest BCUT2D eigenvalue weighted by atomic mass is 10.1. The van der Waals surface area contributed by atoms with E-state index in [0.717, 1.165) is 19.5 Å². The minimum absolute atomic E-state index is 0.0974. The van der Waals surface area contributed by atoms with Gasteiger partial charge in [-0.3, -0.25) is 9.69 Å². The molecule has 0 saturated carbocycles. The molecule has 0 aromatic heterocycles. The lowest BCUT2D eigenvalue weighted by molar-refractivity contribution is -0.127. The first-order chi connectivity index (χ1) is 8.17. The fourth-order valence-electron chi connectivity index (χ4n) is 1.85. The van der Waals surface area contributed by atoms with Crippen LogP contribution in [0.3, 0.4) is 0 Å². The summed E-state index contributed by atoms with van der Waals surface area (Å²) in [5, 5.41) is 3.04. The second-order valence-corrected chi connectivity index (χ2v) is 6.45.